The molecule has 0 spiro atoms. The number of carboxylic acid groups (broad SMARTS) is 1. The predicted molar refractivity (Wildman–Crippen MR) is 128 cm³/mol. The molecule has 2 N–H and O–H groups in total. The minimum atomic E-state index is -0.999. The normalized spacial score (nSPS) is 30.5. The van der Waals surface area contributed by atoms with Gasteiger partial charge in [-0.3, -0.25) is 9.69 Å². The van der Waals surface area contributed by atoms with Crippen LogP contribution in [0.3, 0.4) is 0 Å². The molecule has 3 aliphatic rings. The number of nitrogens with one attached hydrogen (secondary N) is 1. The summed E-state index contributed by atoms with van der Waals surface area (Å²) in [6.07, 6.45) is 8.78. The van der Waals surface area contributed by atoms with E-state index in [0.29, 0.717) is 44.8 Å². The van der Waals surface area contributed by atoms with E-state index < -0.39 is 5.97 Å². The van der Waals surface area contributed by atoms with E-state index >= 15 is 0 Å². The molecule has 32 heavy (non-hydrogen) atoms. The second kappa shape index (κ2) is 8.33. The van der Waals surface area contributed by atoms with Crippen molar-refractivity contribution >= 4 is 30.1 Å². The Bertz CT molecular complexity index is 1040. The highest BCUT2D eigenvalue weighted by atomic mass is 32.1. The van der Waals surface area contributed by atoms with Gasteiger partial charge in [0.25, 0.3) is 5.82 Å². The van der Waals surface area contributed by atoms with Gasteiger partial charge in [-0.2, -0.15) is 0 Å². The van der Waals surface area contributed by atoms with Crippen molar-refractivity contribution in [3.05, 3.63) is 33.4 Å². The van der Waals surface area contributed by atoms with Crippen LogP contribution < -0.4 is 0 Å². The molecular weight excluding hydrogens is 420 g/mol. The average Bonchev–Trinajstić information content (AvgIpc) is 3.01. The first-order valence-electron chi connectivity index (χ1n) is 11.6. The van der Waals surface area contributed by atoms with E-state index in [2.05, 4.69) is 54.3 Å². The van der Waals surface area contributed by atoms with Crippen LogP contribution in [0.5, 0.6) is 0 Å². The summed E-state index contributed by atoms with van der Waals surface area (Å²) in [7, 11) is 0. The zero-order chi connectivity index (χ0) is 23.3. The minimum Gasteiger partial charge on any atom is -0.480 e. The Morgan fingerprint density at radius 1 is 1.25 bits per heavy atom. The number of aromatic nitrogens is 2. The molecule has 0 amide bonds. The Labute approximate surface area is 195 Å². The van der Waals surface area contributed by atoms with Crippen molar-refractivity contribution in [1.29, 1.82) is 0 Å². The number of rotatable bonds is 4. The third kappa shape index (κ3) is 4.12. The summed E-state index contributed by atoms with van der Waals surface area (Å²) in [5.41, 5.74) is 4.56. The molecule has 3 heterocycles. The van der Waals surface area contributed by atoms with Gasteiger partial charge in [0.15, 0.2) is 6.54 Å². The number of aromatic amines is 1. The van der Waals surface area contributed by atoms with Gasteiger partial charge in [0.05, 0.1) is 0 Å². The Morgan fingerprint density at radius 3 is 2.38 bits per heavy atom. The molecule has 1 aromatic rings. The van der Waals surface area contributed by atoms with Crippen molar-refractivity contribution in [2.45, 2.75) is 66.0 Å². The van der Waals surface area contributed by atoms with Gasteiger partial charge in [0.2, 0.25) is 0 Å². The van der Waals surface area contributed by atoms with Crippen LogP contribution in [0.15, 0.2) is 11.8 Å². The first-order chi connectivity index (χ1) is 15.0. The van der Waals surface area contributed by atoms with Crippen LogP contribution in [0.1, 0.15) is 58.9 Å². The standard InChI is InChI=1S/C25H34N4O2S/c1-24(2)9-11-28-12-10-25(3,4)19-14-16(13-18(24)21(19)28)7-6-8-17-22(26-5)27-29(23(17)32)15-20(30)31/h7-8,16,18-19,21,27H,9-15H2,1-4H3,(H,30,31). The first kappa shape index (κ1) is 23.0. The molecule has 6 nitrogen and oxygen atoms in total. The summed E-state index contributed by atoms with van der Waals surface area (Å²) in [4.78, 5) is 17.3. The molecule has 2 atom stereocenters. The van der Waals surface area contributed by atoms with Crippen molar-refractivity contribution in [3.63, 3.8) is 0 Å². The largest absolute Gasteiger partial charge is 0.480 e. The lowest BCUT2D eigenvalue weighted by atomic mass is 9.52. The number of aliphatic carboxylic acids is 1. The molecule has 7 heteroatoms. The Balaban J connectivity index is 1.62. The fourth-order valence-corrected chi connectivity index (χ4v) is 6.64. The van der Waals surface area contributed by atoms with Gasteiger partial charge in [0.1, 0.15) is 4.64 Å². The lowest BCUT2D eigenvalue weighted by molar-refractivity contribution is -0.137. The van der Waals surface area contributed by atoms with Crippen molar-refractivity contribution in [2.24, 2.45) is 28.6 Å². The number of hydrogen-bond acceptors (Lipinski definition) is 3. The van der Waals surface area contributed by atoms with E-state index in [-0.39, 0.29) is 12.4 Å². The fraction of sp³-hybridized carbons (Fsp3) is 0.680. The fourth-order valence-electron chi connectivity index (χ4n) is 6.37. The van der Waals surface area contributed by atoms with E-state index in [1.807, 2.05) is 0 Å². The quantitative estimate of drug-likeness (QED) is 0.357. The summed E-state index contributed by atoms with van der Waals surface area (Å²) < 4.78 is 1.66. The van der Waals surface area contributed by atoms with Crippen LogP contribution in [-0.2, 0) is 11.3 Å². The van der Waals surface area contributed by atoms with Crippen LogP contribution in [0, 0.1) is 39.8 Å². The molecular formula is C25H34N4O2S. The number of carboxylic acids is 1. The van der Waals surface area contributed by atoms with Crippen molar-refractivity contribution in [3.8, 4) is 0 Å². The van der Waals surface area contributed by atoms with Crippen LogP contribution in [-0.4, -0.2) is 44.9 Å². The van der Waals surface area contributed by atoms with Gasteiger partial charge in [-0.1, -0.05) is 46.5 Å². The van der Waals surface area contributed by atoms with Crippen LogP contribution >= 0.6 is 12.2 Å². The average molecular weight is 455 g/mol. The molecule has 1 saturated carbocycles. The van der Waals surface area contributed by atoms with Crippen LogP contribution in [0.4, 0.5) is 5.82 Å². The topological polar surface area (TPSA) is 65.6 Å². The number of carbonyl (C=O) groups is 1. The summed E-state index contributed by atoms with van der Waals surface area (Å²) >= 11 is 5.40. The van der Waals surface area contributed by atoms with Crippen LogP contribution in [0.2, 0.25) is 0 Å². The molecule has 0 aromatic carbocycles. The second-order valence-corrected chi connectivity index (χ2v) is 11.6. The smallest absolute Gasteiger partial charge is 0.327 e. The summed E-state index contributed by atoms with van der Waals surface area (Å²) in [5, 5.41) is 11.9. The highest BCUT2D eigenvalue weighted by Gasteiger charge is 2.54. The van der Waals surface area contributed by atoms with E-state index in [1.165, 1.54) is 43.5 Å². The molecule has 2 unspecified atom stereocenters. The number of piperidine rings is 2. The van der Waals surface area contributed by atoms with E-state index in [1.54, 1.807) is 6.08 Å². The zero-order valence-electron chi connectivity index (χ0n) is 19.5. The SMILES string of the molecule is [C-]#[N+]c1[nH]n(CC(=O)O)c(=S)c1C=C=CC1CC2C3C(C1)C(C)(C)CCN3CCC2(C)C. The van der Waals surface area contributed by atoms with Gasteiger partial charge >= 0.3 is 5.97 Å². The van der Waals surface area contributed by atoms with Crippen LogP contribution in [0.25, 0.3) is 10.9 Å². The Hall–Kier alpha value is -2.13. The number of hydrogen-bond donors (Lipinski definition) is 2. The second-order valence-electron chi connectivity index (χ2n) is 11.2. The van der Waals surface area contributed by atoms with E-state index in [9.17, 15) is 4.79 Å². The van der Waals surface area contributed by atoms with Gasteiger partial charge in [0, 0.05) is 11.6 Å². The maximum Gasteiger partial charge on any atom is 0.327 e. The highest BCUT2D eigenvalue weighted by Crippen LogP contribution is 2.56. The Morgan fingerprint density at radius 2 is 1.84 bits per heavy atom. The van der Waals surface area contributed by atoms with E-state index in [4.69, 9.17) is 23.9 Å². The molecule has 2 saturated heterocycles. The third-order valence-corrected chi connectivity index (χ3v) is 8.83. The van der Waals surface area contributed by atoms with Gasteiger partial charge in [-0.25, -0.2) is 9.78 Å². The molecule has 172 valence electrons. The lowest BCUT2D eigenvalue weighted by Gasteiger charge is -2.62. The third-order valence-electron chi connectivity index (χ3n) is 8.39. The zero-order valence-corrected chi connectivity index (χ0v) is 20.3. The maximum absolute atomic E-state index is 11.1. The number of nitrogens with zero attached hydrogens (tertiary/aromatic N) is 3. The summed E-state index contributed by atoms with van der Waals surface area (Å²) in [6, 6.07) is 0.684. The van der Waals surface area contributed by atoms with E-state index in [0.717, 1.165) is 0 Å². The van der Waals surface area contributed by atoms with Crippen molar-refractivity contribution in [1.82, 2.24) is 14.7 Å². The molecule has 1 aliphatic carbocycles. The van der Waals surface area contributed by atoms with Crippen molar-refractivity contribution in [2.75, 3.05) is 13.1 Å². The summed E-state index contributed by atoms with van der Waals surface area (Å²) in [6.45, 7) is 19.4. The minimum absolute atomic E-state index is 0.262. The molecule has 1 aromatic heterocycles. The maximum atomic E-state index is 11.1. The van der Waals surface area contributed by atoms with Crippen molar-refractivity contribution < 1.29 is 9.90 Å². The number of H-pyrrole nitrogens is 1. The first-order valence-corrected chi connectivity index (χ1v) is 12.0. The number of allylic oxidation sites excluding steroid dienone is 1. The van der Waals surface area contributed by atoms with Gasteiger partial charge in [-0.05, 0) is 79.5 Å². The molecule has 4 rings (SSSR count). The predicted octanol–water partition coefficient (Wildman–Crippen LogP) is 5.52. The van der Waals surface area contributed by atoms with Gasteiger partial charge in [-0.15, -0.1) is 5.73 Å². The molecule has 0 bridgehead atoms. The molecule has 2 aliphatic heterocycles. The monoisotopic (exact) mass is 454 g/mol. The van der Waals surface area contributed by atoms with Gasteiger partial charge < -0.3 is 9.95 Å². The molecule has 0 radical (unpaired) electrons. The highest BCUT2D eigenvalue weighted by molar-refractivity contribution is 7.71. The molecule has 3 fully saturated rings. The lowest BCUT2D eigenvalue weighted by Crippen LogP contribution is -2.63. The Kier molecular flexibility index (Phi) is 6.00. The summed E-state index contributed by atoms with van der Waals surface area (Å²) in [5.74, 6) is 1.07.